The first-order valence-corrected chi connectivity index (χ1v) is 8.61. The van der Waals surface area contributed by atoms with Crippen molar-refractivity contribution in [1.29, 1.82) is 0 Å². The Balaban J connectivity index is 2.54. The summed E-state index contributed by atoms with van der Waals surface area (Å²) in [6, 6.07) is 6.37. The number of sulfone groups is 1. The van der Waals surface area contributed by atoms with Gasteiger partial charge < -0.3 is 5.32 Å². The van der Waals surface area contributed by atoms with Gasteiger partial charge in [-0.25, -0.2) is 8.42 Å². The molecular weight excluding hydrogens is 258 g/mol. The average molecular weight is 283 g/mol. The van der Waals surface area contributed by atoms with Crippen LogP contribution >= 0.6 is 0 Å². The van der Waals surface area contributed by atoms with Gasteiger partial charge in [-0.15, -0.1) is 0 Å². The summed E-state index contributed by atoms with van der Waals surface area (Å²) in [5.74, 6) is 0.400. The van der Waals surface area contributed by atoms with Gasteiger partial charge in [-0.2, -0.15) is 0 Å². The maximum atomic E-state index is 12.0. The van der Waals surface area contributed by atoms with Crippen LogP contribution in [0.25, 0.3) is 0 Å². The van der Waals surface area contributed by atoms with E-state index in [4.69, 9.17) is 0 Å². The van der Waals surface area contributed by atoms with Crippen molar-refractivity contribution in [2.45, 2.75) is 45.9 Å². The predicted octanol–water partition coefficient (Wildman–Crippen LogP) is 2.61. The summed E-state index contributed by atoms with van der Waals surface area (Å²) in [6.07, 6.45) is 0.672. The second-order valence-electron chi connectivity index (χ2n) is 5.55. The minimum Gasteiger partial charge on any atom is -0.314 e. The number of hydrogen-bond acceptors (Lipinski definition) is 3. The molecule has 1 aromatic carbocycles. The van der Waals surface area contributed by atoms with Crippen LogP contribution in [-0.4, -0.2) is 26.8 Å². The van der Waals surface area contributed by atoms with Crippen molar-refractivity contribution >= 4 is 9.84 Å². The summed E-state index contributed by atoms with van der Waals surface area (Å²) in [7, 11) is -3.01. The largest absolute Gasteiger partial charge is 0.314 e. The SMILES string of the molecule is Cc1cc(C)cc(CS(=O)(=O)CCCNC(C)C)c1. The summed E-state index contributed by atoms with van der Waals surface area (Å²) in [6.45, 7) is 8.86. The highest BCUT2D eigenvalue weighted by atomic mass is 32.2. The zero-order valence-electron chi connectivity index (χ0n) is 12.4. The van der Waals surface area contributed by atoms with Crippen LogP contribution in [0, 0.1) is 13.8 Å². The van der Waals surface area contributed by atoms with E-state index >= 15 is 0 Å². The molecule has 1 rings (SSSR count). The summed E-state index contributed by atoms with van der Waals surface area (Å²) in [5.41, 5.74) is 3.13. The second-order valence-corrected chi connectivity index (χ2v) is 7.73. The summed E-state index contributed by atoms with van der Waals surface area (Å²) in [5, 5.41) is 3.24. The minimum absolute atomic E-state index is 0.150. The maximum absolute atomic E-state index is 12.0. The third-order valence-corrected chi connectivity index (χ3v) is 4.54. The van der Waals surface area contributed by atoms with E-state index in [1.807, 2.05) is 26.0 Å². The van der Waals surface area contributed by atoms with Gasteiger partial charge in [0.2, 0.25) is 0 Å². The van der Waals surface area contributed by atoms with Crippen molar-refractivity contribution in [3.05, 3.63) is 34.9 Å². The molecule has 108 valence electrons. The van der Waals surface area contributed by atoms with Gasteiger partial charge >= 0.3 is 0 Å². The Kier molecular flexibility index (Phi) is 6.01. The third kappa shape index (κ3) is 6.73. The lowest BCUT2D eigenvalue weighted by atomic mass is 10.1. The van der Waals surface area contributed by atoms with Crippen molar-refractivity contribution in [1.82, 2.24) is 5.32 Å². The topological polar surface area (TPSA) is 46.2 Å². The van der Waals surface area contributed by atoms with E-state index in [0.29, 0.717) is 12.5 Å². The first-order chi connectivity index (χ1) is 8.78. The number of benzene rings is 1. The number of nitrogens with one attached hydrogen (secondary N) is 1. The number of aryl methyl sites for hydroxylation is 2. The van der Waals surface area contributed by atoms with Gasteiger partial charge in [0.05, 0.1) is 11.5 Å². The molecule has 0 radical (unpaired) electrons. The highest BCUT2D eigenvalue weighted by Crippen LogP contribution is 2.13. The zero-order chi connectivity index (χ0) is 14.5. The standard InChI is InChI=1S/C15H25NO2S/c1-12(2)16-6-5-7-19(17,18)11-15-9-13(3)8-14(4)10-15/h8-10,12,16H,5-7,11H2,1-4H3. The van der Waals surface area contributed by atoms with Crippen LogP contribution in [0.3, 0.4) is 0 Å². The smallest absolute Gasteiger partial charge is 0.154 e. The molecule has 0 amide bonds. The molecule has 0 saturated carbocycles. The molecule has 3 nitrogen and oxygen atoms in total. The normalized spacial score (nSPS) is 12.1. The number of rotatable bonds is 7. The Morgan fingerprint density at radius 3 is 2.21 bits per heavy atom. The number of hydrogen-bond donors (Lipinski definition) is 1. The van der Waals surface area contributed by atoms with Gasteiger partial charge in [-0.3, -0.25) is 0 Å². The van der Waals surface area contributed by atoms with Crippen molar-refractivity contribution in [2.75, 3.05) is 12.3 Å². The highest BCUT2D eigenvalue weighted by Gasteiger charge is 2.12. The Morgan fingerprint density at radius 1 is 1.11 bits per heavy atom. The fraction of sp³-hybridized carbons (Fsp3) is 0.600. The lowest BCUT2D eigenvalue weighted by Crippen LogP contribution is -2.25. The first-order valence-electron chi connectivity index (χ1n) is 6.79. The van der Waals surface area contributed by atoms with Gasteiger partial charge in [-0.1, -0.05) is 43.2 Å². The molecule has 0 spiro atoms. The zero-order valence-corrected chi connectivity index (χ0v) is 13.2. The van der Waals surface area contributed by atoms with Crippen molar-refractivity contribution < 1.29 is 8.42 Å². The van der Waals surface area contributed by atoms with Gasteiger partial charge in [0.15, 0.2) is 9.84 Å². The molecule has 0 fully saturated rings. The second kappa shape index (κ2) is 7.06. The van der Waals surface area contributed by atoms with E-state index in [0.717, 1.165) is 23.2 Å². The monoisotopic (exact) mass is 283 g/mol. The molecule has 0 aromatic heterocycles. The van der Waals surface area contributed by atoms with E-state index in [-0.39, 0.29) is 11.5 Å². The summed E-state index contributed by atoms with van der Waals surface area (Å²) < 4.78 is 24.1. The first kappa shape index (κ1) is 16.2. The van der Waals surface area contributed by atoms with Crippen LogP contribution in [0.1, 0.15) is 37.0 Å². The Labute approximate surface area is 117 Å². The van der Waals surface area contributed by atoms with E-state index in [1.54, 1.807) is 0 Å². The predicted molar refractivity (Wildman–Crippen MR) is 81.2 cm³/mol. The molecule has 1 aromatic rings. The third-order valence-electron chi connectivity index (χ3n) is 2.85. The minimum atomic E-state index is -3.01. The Hall–Kier alpha value is -0.870. The molecule has 0 aliphatic heterocycles. The van der Waals surface area contributed by atoms with E-state index in [1.165, 1.54) is 0 Å². The molecule has 0 saturated heterocycles. The lowest BCUT2D eigenvalue weighted by molar-refractivity contribution is 0.568. The maximum Gasteiger partial charge on any atom is 0.154 e. The quantitative estimate of drug-likeness (QED) is 0.782. The van der Waals surface area contributed by atoms with E-state index in [9.17, 15) is 8.42 Å². The van der Waals surface area contributed by atoms with Gasteiger partial charge in [0.1, 0.15) is 0 Å². The van der Waals surface area contributed by atoms with Crippen molar-refractivity contribution in [3.8, 4) is 0 Å². The molecule has 0 atom stereocenters. The van der Waals surface area contributed by atoms with Crippen LogP contribution in [0.4, 0.5) is 0 Å². The van der Waals surface area contributed by atoms with Crippen LogP contribution in [0.5, 0.6) is 0 Å². The Bertz CT molecular complexity index is 487. The molecule has 0 heterocycles. The molecule has 19 heavy (non-hydrogen) atoms. The van der Waals surface area contributed by atoms with Crippen LogP contribution in [0.15, 0.2) is 18.2 Å². The van der Waals surface area contributed by atoms with Crippen LogP contribution < -0.4 is 5.32 Å². The summed E-state index contributed by atoms with van der Waals surface area (Å²) in [4.78, 5) is 0. The van der Waals surface area contributed by atoms with Crippen molar-refractivity contribution in [3.63, 3.8) is 0 Å². The molecule has 1 N–H and O–H groups in total. The molecule has 0 aliphatic carbocycles. The van der Waals surface area contributed by atoms with Crippen molar-refractivity contribution in [2.24, 2.45) is 0 Å². The molecular formula is C15H25NO2S. The van der Waals surface area contributed by atoms with Gasteiger partial charge in [-0.05, 0) is 32.4 Å². The molecule has 0 bridgehead atoms. The van der Waals surface area contributed by atoms with Crippen LogP contribution in [0.2, 0.25) is 0 Å². The Morgan fingerprint density at radius 2 is 1.68 bits per heavy atom. The lowest BCUT2D eigenvalue weighted by Gasteiger charge is -2.09. The van der Waals surface area contributed by atoms with E-state index in [2.05, 4.69) is 25.2 Å². The molecule has 0 aliphatic rings. The highest BCUT2D eigenvalue weighted by molar-refractivity contribution is 7.90. The molecule has 0 unspecified atom stereocenters. The summed E-state index contributed by atoms with van der Waals surface area (Å²) >= 11 is 0. The average Bonchev–Trinajstić information content (AvgIpc) is 2.22. The van der Waals surface area contributed by atoms with Crippen LogP contribution in [-0.2, 0) is 15.6 Å². The van der Waals surface area contributed by atoms with Gasteiger partial charge in [0, 0.05) is 6.04 Å². The molecule has 4 heteroatoms. The fourth-order valence-corrected chi connectivity index (χ4v) is 3.56. The van der Waals surface area contributed by atoms with E-state index < -0.39 is 9.84 Å². The fourth-order valence-electron chi connectivity index (χ4n) is 2.16. The van der Waals surface area contributed by atoms with Gasteiger partial charge in [0.25, 0.3) is 0 Å².